The van der Waals surface area contributed by atoms with Gasteiger partial charge in [-0.25, -0.2) is 4.79 Å². The Morgan fingerprint density at radius 1 is 1.12 bits per heavy atom. The van der Waals surface area contributed by atoms with Crippen molar-refractivity contribution in [2.75, 3.05) is 39.8 Å². The average molecular weight is 447 g/mol. The van der Waals surface area contributed by atoms with Gasteiger partial charge in [0.25, 0.3) is 5.91 Å². The predicted octanol–water partition coefficient (Wildman–Crippen LogP) is 2.65. The molecule has 0 radical (unpaired) electrons. The first-order chi connectivity index (χ1) is 15.3. The van der Waals surface area contributed by atoms with Crippen LogP contribution in [0.15, 0.2) is 0 Å². The molecule has 32 heavy (non-hydrogen) atoms. The molecule has 1 aromatic heterocycles. The van der Waals surface area contributed by atoms with Crippen LogP contribution in [-0.2, 0) is 9.53 Å². The second kappa shape index (κ2) is 11.0. The molecular weight excluding hydrogens is 408 g/mol. The summed E-state index contributed by atoms with van der Waals surface area (Å²) in [7, 11) is 1.34. The number of esters is 1. The van der Waals surface area contributed by atoms with E-state index in [0.717, 1.165) is 25.8 Å². The fraction of sp³-hybridized carbons (Fsp3) is 0.708. The molecule has 3 rings (SSSR count). The second-order valence-corrected chi connectivity index (χ2v) is 9.29. The van der Waals surface area contributed by atoms with E-state index in [1.807, 2.05) is 4.90 Å². The molecule has 0 bridgehead atoms. The van der Waals surface area contributed by atoms with E-state index < -0.39 is 5.97 Å². The number of aromatic nitrogens is 1. The first-order valence-corrected chi connectivity index (χ1v) is 11.9. The minimum absolute atomic E-state index is 0.0976. The number of methoxy groups -OCH3 is 1. The average Bonchev–Trinajstić information content (AvgIpc) is 3.41. The van der Waals surface area contributed by atoms with Crippen molar-refractivity contribution in [2.24, 2.45) is 5.92 Å². The van der Waals surface area contributed by atoms with Gasteiger partial charge in [0.1, 0.15) is 5.69 Å². The summed E-state index contributed by atoms with van der Waals surface area (Å²) in [5, 5.41) is 3.08. The van der Waals surface area contributed by atoms with Gasteiger partial charge in [-0.2, -0.15) is 0 Å². The van der Waals surface area contributed by atoms with Gasteiger partial charge >= 0.3 is 5.97 Å². The fourth-order valence-electron chi connectivity index (χ4n) is 4.99. The molecule has 0 spiro atoms. The number of H-pyrrole nitrogens is 1. The Bertz CT molecular complexity index is 820. The van der Waals surface area contributed by atoms with Gasteiger partial charge in [-0.15, -0.1) is 0 Å². The zero-order valence-electron chi connectivity index (χ0n) is 20.0. The van der Waals surface area contributed by atoms with Crippen molar-refractivity contribution in [3.05, 3.63) is 22.5 Å². The number of carbonyl (C=O) groups excluding carboxylic acids is 3. The standard InChI is InChI=1S/C24H38N4O4/c1-16(27-11-5-6-12-27)7-10-25-20(29)15-19-8-13-28(14-9-19)23(30)22-17(2)21(18(3)26-22)24(31)32-4/h16,19,26H,5-15H2,1-4H3,(H,25,29)/t16-/m1/s1. The summed E-state index contributed by atoms with van der Waals surface area (Å²) >= 11 is 0. The van der Waals surface area contributed by atoms with E-state index in [-0.39, 0.29) is 11.8 Å². The number of likely N-dealkylation sites (tertiary alicyclic amines) is 2. The maximum atomic E-state index is 13.0. The molecule has 3 heterocycles. The third-order valence-corrected chi connectivity index (χ3v) is 7.06. The van der Waals surface area contributed by atoms with E-state index in [4.69, 9.17) is 4.74 Å². The zero-order chi connectivity index (χ0) is 23.3. The van der Waals surface area contributed by atoms with E-state index in [0.29, 0.717) is 54.0 Å². The monoisotopic (exact) mass is 446 g/mol. The van der Waals surface area contributed by atoms with Crippen LogP contribution in [-0.4, -0.2) is 78.4 Å². The van der Waals surface area contributed by atoms with Gasteiger partial charge in [0.15, 0.2) is 0 Å². The molecule has 0 saturated carbocycles. The van der Waals surface area contributed by atoms with Crippen LogP contribution in [0.1, 0.15) is 77.6 Å². The Morgan fingerprint density at radius 3 is 2.41 bits per heavy atom. The smallest absolute Gasteiger partial charge is 0.339 e. The number of hydrogen-bond donors (Lipinski definition) is 2. The van der Waals surface area contributed by atoms with Crippen molar-refractivity contribution in [3.8, 4) is 0 Å². The predicted molar refractivity (Wildman–Crippen MR) is 123 cm³/mol. The molecular formula is C24H38N4O4. The first-order valence-electron chi connectivity index (χ1n) is 11.9. The molecule has 0 aromatic carbocycles. The lowest BCUT2D eigenvalue weighted by Crippen LogP contribution is -2.40. The van der Waals surface area contributed by atoms with Gasteiger partial charge < -0.3 is 24.8 Å². The van der Waals surface area contributed by atoms with Crippen molar-refractivity contribution < 1.29 is 19.1 Å². The molecule has 2 amide bonds. The van der Waals surface area contributed by atoms with Gasteiger partial charge in [-0.05, 0) is 77.4 Å². The molecule has 2 saturated heterocycles. The first kappa shape index (κ1) is 24.3. The molecule has 8 nitrogen and oxygen atoms in total. The number of amides is 2. The lowest BCUT2D eigenvalue weighted by Gasteiger charge is -2.31. The van der Waals surface area contributed by atoms with Gasteiger partial charge in [-0.1, -0.05) is 0 Å². The van der Waals surface area contributed by atoms with Crippen molar-refractivity contribution >= 4 is 17.8 Å². The third-order valence-electron chi connectivity index (χ3n) is 7.06. The maximum Gasteiger partial charge on any atom is 0.339 e. The summed E-state index contributed by atoms with van der Waals surface area (Å²) in [4.78, 5) is 44.7. The quantitative estimate of drug-likeness (QED) is 0.599. The van der Waals surface area contributed by atoms with E-state index in [9.17, 15) is 14.4 Å². The van der Waals surface area contributed by atoms with Crippen LogP contribution in [0.5, 0.6) is 0 Å². The maximum absolute atomic E-state index is 13.0. The van der Waals surface area contributed by atoms with E-state index in [1.165, 1.54) is 33.0 Å². The van der Waals surface area contributed by atoms with Crippen LogP contribution >= 0.6 is 0 Å². The van der Waals surface area contributed by atoms with Crippen LogP contribution < -0.4 is 5.32 Å². The zero-order valence-corrected chi connectivity index (χ0v) is 20.0. The Balaban J connectivity index is 1.42. The molecule has 0 aliphatic carbocycles. The summed E-state index contributed by atoms with van der Waals surface area (Å²) in [5.41, 5.74) is 2.15. The third kappa shape index (κ3) is 5.71. The van der Waals surface area contributed by atoms with Crippen LogP contribution in [0.3, 0.4) is 0 Å². The number of nitrogens with zero attached hydrogens (tertiary/aromatic N) is 2. The number of nitrogens with one attached hydrogen (secondary N) is 2. The van der Waals surface area contributed by atoms with Crippen LogP contribution in [0.25, 0.3) is 0 Å². The fourth-order valence-corrected chi connectivity index (χ4v) is 4.99. The number of aromatic amines is 1. The Labute approximate surface area is 191 Å². The van der Waals surface area contributed by atoms with Crippen LogP contribution in [0.4, 0.5) is 0 Å². The Kier molecular flexibility index (Phi) is 8.34. The molecule has 2 N–H and O–H groups in total. The normalized spacial score (nSPS) is 18.6. The molecule has 8 heteroatoms. The van der Waals surface area contributed by atoms with Crippen molar-refractivity contribution in [1.29, 1.82) is 0 Å². The molecule has 178 valence electrons. The van der Waals surface area contributed by atoms with Gasteiger partial charge in [0.2, 0.25) is 5.91 Å². The van der Waals surface area contributed by atoms with Gasteiger partial charge in [-0.3, -0.25) is 9.59 Å². The highest BCUT2D eigenvalue weighted by Gasteiger charge is 2.29. The van der Waals surface area contributed by atoms with Crippen molar-refractivity contribution in [2.45, 2.75) is 65.3 Å². The van der Waals surface area contributed by atoms with E-state index in [1.54, 1.807) is 13.8 Å². The minimum atomic E-state index is -0.435. The topological polar surface area (TPSA) is 94.7 Å². The highest BCUT2D eigenvalue weighted by atomic mass is 16.5. The molecule has 0 unspecified atom stereocenters. The molecule has 2 fully saturated rings. The largest absolute Gasteiger partial charge is 0.465 e. The molecule has 1 atom stereocenters. The summed E-state index contributed by atoms with van der Waals surface area (Å²) in [6.45, 7) is 10.1. The SMILES string of the molecule is COC(=O)c1c(C)[nH]c(C(=O)N2CCC(CC(=O)NCC[C@@H](C)N3CCCC3)CC2)c1C. The number of rotatable bonds is 8. The number of hydrogen-bond acceptors (Lipinski definition) is 5. The summed E-state index contributed by atoms with van der Waals surface area (Å²) in [5.74, 6) is -0.122. The van der Waals surface area contributed by atoms with Crippen molar-refractivity contribution in [1.82, 2.24) is 20.1 Å². The number of ether oxygens (including phenoxy) is 1. The summed E-state index contributed by atoms with van der Waals surface area (Å²) in [6, 6.07) is 0.520. The summed E-state index contributed by atoms with van der Waals surface area (Å²) in [6.07, 6.45) is 5.70. The lowest BCUT2D eigenvalue weighted by atomic mass is 9.93. The van der Waals surface area contributed by atoms with Crippen LogP contribution in [0, 0.1) is 19.8 Å². The Hall–Kier alpha value is -2.35. The number of aryl methyl sites for hydroxylation is 1. The Morgan fingerprint density at radius 2 is 1.78 bits per heavy atom. The highest BCUT2D eigenvalue weighted by molar-refractivity contribution is 6.00. The molecule has 1 aromatic rings. The highest BCUT2D eigenvalue weighted by Crippen LogP contribution is 2.25. The van der Waals surface area contributed by atoms with Gasteiger partial charge in [0, 0.05) is 37.8 Å². The van der Waals surface area contributed by atoms with Crippen molar-refractivity contribution in [3.63, 3.8) is 0 Å². The molecule has 2 aliphatic rings. The minimum Gasteiger partial charge on any atom is -0.465 e. The second-order valence-electron chi connectivity index (χ2n) is 9.29. The number of piperidine rings is 1. The lowest BCUT2D eigenvalue weighted by molar-refractivity contribution is -0.122. The number of carbonyl (C=O) groups is 3. The molecule has 2 aliphatic heterocycles. The van der Waals surface area contributed by atoms with E-state index in [2.05, 4.69) is 22.1 Å². The summed E-state index contributed by atoms with van der Waals surface area (Å²) < 4.78 is 4.83. The van der Waals surface area contributed by atoms with Crippen LogP contribution in [0.2, 0.25) is 0 Å². The van der Waals surface area contributed by atoms with Gasteiger partial charge in [0.05, 0.1) is 12.7 Å². The van der Waals surface area contributed by atoms with E-state index >= 15 is 0 Å².